The fourth-order valence-corrected chi connectivity index (χ4v) is 5.52. The third kappa shape index (κ3) is 5.68. The zero-order valence-electron chi connectivity index (χ0n) is 19.6. The zero-order chi connectivity index (χ0) is 24.3. The molecule has 2 aliphatic heterocycles. The van der Waals surface area contributed by atoms with Crippen molar-refractivity contribution in [3.05, 3.63) is 54.0 Å². The van der Waals surface area contributed by atoms with Crippen LogP contribution in [-0.2, 0) is 32.5 Å². The number of furan rings is 1. The van der Waals surface area contributed by atoms with Crippen LogP contribution in [0.5, 0.6) is 0 Å². The van der Waals surface area contributed by atoms with Gasteiger partial charge in [-0.15, -0.1) is 0 Å². The summed E-state index contributed by atoms with van der Waals surface area (Å²) in [5, 5.41) is 5.94. The molecule has 0 unspecified atom stereocenters. The summed E-state index contributed by atoms with van der Waals surface area (Å²) in [7, 11) is -1.20. The molecule has 2 amide bonds. The highest BCUT2D eigenvalue weighted by Gasteiger charge is 2.44. The van der Waals surface area contributed by atoms with Crippen LogP contribution in [0.3, 0.4) is 0 Å². The van der Waals surface area contributed by atoms with Gasteiger partial charge >= 0.3 is 0 Å². The molecule has 34 heavy (non-hydrogen) atoms. The van der Waals surface area contributed by atoms with Crippen molar-refractivity contribution in [2.24, 2.45) is 0 Å². The molecule has 2 aromatic rings. The summed E-state index contributed by atoms with van der Waals surface area (Å²) >= 11 is 0. The molecule has 3 atom stereocenters. The van der Waals surface area contributed by atoms with Gasteiger partial charge in [0.15, 0.2) is 9.84 Å². The number of hydrogen-bond acceptors (Lipinski definition) is 7. The summed E-state index contributed by atoms with van der Waals surface area (Å²) in [6, 6.07) is 10.3. The molecule has 184 valence electrons. The summed E-state index contributed by atoms with van der Waals surface area (Å²) in [5.41, 5.74) is 0.970. The second-order valence-electron chi connectivity index (χ2n) is 9.15. The Kier molecular flexibility index (Phi) is 7.39. The van der Waals surface area contributed by atoms with Crippen molar-refractivity contribution in [2.45, 2.75) is 55.4 Å². The third-order valence-corrected chi connectivity index (χ3v) is 7.96. The van der Waals surface area contributed by atoms with Gasteiger partial charge in [0.25, 0.3) is 0 Å². The summed E-state index contributed by atoms with van der Waals surface area (Å²) in [6.45, 7) is 2.22. The lowest BCUT2D eigenvalue weighted by Crippen LogP contribution is -2.49. The second-order valence-corrected chi connectivity index (χ2v) is 11.2. The highest BCUT2D eigenvalue weighted by atomic mass is 32.2. The van der Waals surface area contributed by atoms with Crippen molar-refractivity contribution in [1.82, 2.24) is 20.4 Å². The molecule has 1 aromatic carbocycles. The molecular formula is C24H32N4O5S. The standard InChI is InChI=1S/C24H32N4O5S/c1-27-18(7-10-22(29)25-15-19-4-3-13-33-19)14-26-24(30)23-21(27)11-12-28(23)16-17-5-8-20(9-6-17)34(2,31)32/h3-6,8-9,13,18,21,23H,7,10-12,14-16H2,1-2H3,(H,25,29)(H,26,30)/t18-,21+,23-/m0/s1. The Hall–Kier alpha value is -2.69. The van der Waals surface area contributed by atoms with Gasteiger partial charge in [-0.3, -0.25) is 19.4 Å². The molecule has 4 rings (SSSR count). The Balaban J connectivity index is 1.34. The number of hydrogen-bond donors (Lipinski definition) is 2. The molecular weight excluding hydrogens is 456 g/mol. The van der Waals surface area contributed by atoms with E-state index in [9.17, 15) is 18.0 Å². The van der Waals surface area contributed by atoms with Gasteiger partial charge in [-0.2, -0.15) is 0 Å². The second kappa shape index (κ2) is 10.3. The Labute approximate surface area is 200 Å². The van der Waals surface area contributed by atoms with E-state index in [0.717, 1.165) is 18.5 Å². The number of carbonyl (C=O) groups is 2. The highest BCUT2D eigenvalue weighted by Crippen LogP contribution is 2.28. The van der Waals surface area contributed by atoms with E-state index in [-0.39, 0.29) is 29.9 Å². The first kappa shape index (κ1) is 24.4. The van der Waals surface area contributed by atoms with Crippen LogP contribution in [0.2, 0.25) is 0 Å². The predicted octanol–water partition coefficient (Wildman–Crippen LogP) is 1.15. The molecule has 0 spiro atoms. The van der Waals surface area contributed by atoms with Gasteiger partial charge in [-0.25, -0.2) is 8.42 Å². The maximum absolute atomic E-state index is 13.0. The lowest BCUT2D eigenvalue weighted by atomic mass is 10.0. The summed E-state index contributed by atoms with van der Waals surface area (Å²) < 4.78 is 28.7. The van der Waals surface area contributed by atoms with E-state index < -0.39 is 9.84 Å². The Morgan fingerprint density at radius 1 is 1.24 bits per heavy atom. The van der Waals surface area contributed by atoms with Gasteiger partial charge in [-0.05, 0) is 49.7 Å². The van der Waals surface area contributed by atoms with E-state index in [1.807, 2.05) is 25.2 Å². The third-order valence-electron chi connectivity index (χ3n) is 6.83. The molecule has 0 bridgehead atoms. The first-order chi connectivity index (χ1) is 16.2. The van der Waals surface area contributed by atoms with Crippen LogP contribution >= 0.6 is 0 Å². The van der Waals surface area contributed by atoms with Crippen LogP contribution in [0.15, 0.2) is 52.0 Å². The SMILES string of the molecule is CN1[C@@H](CCC(=O)NCc2ccco2)CNC(=O)[C@@H]2[C@H]1CCN2Cc1ccc(S(C)(=O)=O)cc1. The molecule has 3 heterocycles. The van der Waals surface area contributed by atoms with Crippen molar-refractivity contribution in [2.75, 3.05) is 26.4 Å². The molecule has 2 saturated heterocycles. The average Bonchev–Trinajstić information content (AvgIpc) is 3.44. The Bertz CT molecular complexity index is 1100. The van der Waals surface area contributed by atoms with Crippen LogP contribution in [0.1, 0.15) is 30.6 Å². The van der Waals surface area contributed by atoms with Crippen LogP contribution in [-0.4, -0.2) is 74.6 Å². The summed E-state index contributed by atoms with van der Waals surface area (Å²) in [4.78, 5) is 30.0. The lowest BCUT2D eigenvalue weighted by Gasteiger charge is -2.33. The van der Waals surface area contributed by atoms with Crippen molar-refractivity contribution in [3.63, 3.8) is 0 Å². The molecule has 0 radical (unpaired) electrons. The largest absolute Gasteiger partial charge is 0.467 e. The zero-order valence-corrected chi connectivity index (χ0v) is 20.4. The van der Waals surface area contributed by atoms with Gasteiger partial charge in [0.2, 0.25) is 11.8 Å². The van der Waals surface area contributed by atoms with E-state index in [1.165, 1.54) is 6.26 Å². The Morgan fingerprint density at radius 3 is 2.68 bits per heavy atom. The highest BCUT2D eigenvalue weighted by molar-refractivity contribution is 7.90. The number of amides is 2. The maximum atomic E-state index is 13.0. The number of fused-ring (bicyclic) bond motifs is 1. The molecule has 0 aliphatic carbocycles. The van der Waals surface area contributed by atoms with E-state index in [1.54, 1.807) is 24.5 Å². The molecule has 10 heteroatoms. The molecule has 2 N–H and O–H groups in total. The van der Waals surface area contributed by atoms with Gasteiger partial charge in [0, 0.05) is 44.4 Å². The van der Waals surface area contributed by atoms with E-state index in [2.05, 4.69) is 20.4 Å². The number of sulfone groups is 1. The fraction of sp³-hybridized carbons (Fsp3) is 0.500. The number of likely N-dealkylation sites (N-methyl/N-ethyl adjacent to an activating group) is 1. The molecule has 0 saturated carbocycles. The number of nitrogens with zero attached hydrogens (tertiary/aromatic N) is 2. The van der Waals surface area contributed by atoms with Crippen molar-refractivity contribution < 1.29 is 22.4 Å². The van der Waals surface area contributed by atoms with Crippen molar-refractivity contribution in [1.29, 1.82) is 0 Å². The predicted molar refractivity (Wildman–Crippen MR) is 127 cm³/mol. The smallest absolute Gasteiger partial charge is 0.239 e. The Morgan fingerprint density at radius 2 is 2.00 bits per heavy atom. The summed E-state index contributed by atoms with van der Waals surface area (Å²) in [5.74, 6) is 0.682. The molecule has 9 nitrogen and oxygen atoms in total. The summed E-state index contributed by atoms with van der Waals surface area (Å²) in [6.07, 6.45) is 4.65. The van der Waals surface area contributed by atoms with Crippen molar-refractivity contribution in [3.8, 4) is 0 Å². The number of carbonyl (C=O) groups excluding carboxylic acids is 2. The quantitative estimate of drug-likeness (QED) is 0.573. The monoisotopic (exact) mass is 488 g/mol. The average molecular weight is 489 g/mol. The van der Waals surface area contributed by atoms with E-state index in [0.29, 0.717) is 43.1 Å². The number of nitrogens with one attached hydrogen (secondary N) is 2. The normalized spacial score (nSPS) is 23.8. The van der Waals surface area contributed by atoms with Crippen molar-refractivity contribution >= 4 is 21.7 Å². The molecule has 1 aromatic heterocycles. The number of benzene rings is 1. The first-order valence-electron chi connectivity index (χ1n) is 11.5. The van der Waals surface area contributed by atoms with E-state index >= 15 is 0 Å². The van der Waals surface area contributed by atoms with E-state index in [4.69, 9.17) is 4.42 Å². The maximum Gasteiger partial charge on any atom is 0.239 e. The van der Waals surface area contributed by atoms with Gasteiger partial charge in [-0.1, -0.05) is 12.1 Å². The van der Waals surface area contributed by atoms with Gasteiger partial charge < -0.3 is 15.1 Å². The minimum Gasteiger partial charge on any atom is -0.467 e. The van der Waals surface area contributed by atoms with Crippen LogP contribution < -0.4 is 10.6 Å². The van der Waals surface area contributed by atoms with Crippen LogP contribution in [0.4, 0.5) is 0 Å². The topological polar surface area (TPSA) is 112 Å². The van der Waals surface area contributed by atoms with Gasteiger partial charge in [0.05, 0.1) is 17.7 Å². The molecule has 2 aliphatic rings. The fourth-order valence-electron chi connectivity index (χ4n) is 4.89. The van der Waals surface area contributed by atoms with Crippen LogP contribution in [0, 0.1) is 0 Å². The molecule has 2 fully saturated rings. The minimum absolute atomic E-state index is 0.00637. The van der Waals surface area contributed by atoms with Crippen LogP contribution in [0.25, 0.3) is 0 Å². The minimum atomic E-state index is -3.24. The number of likely N-dealkylation sites (tertiary alicyclic amines) is 1. The number of rotatable bonds is 8. The first-order valence-corrected chi connectivity index (χ1v) is 13.4. The lowest BCUT2D eigenvalue weighted by molar-refractivity contribution is -0.126. The van der Waals surface area contributed by atoms with Gasteiger partial charge in [0.1, 0.15) is 11.8 Å².